The normalized spacial score (nSPS) is 10.6. The van der Waals surface area contributed by atoms with E-state index in [1.165, 1.54) is 116 Å². The first-order chi connectivity index (χ1) is 10.4. The van der Waals surface area contributed by atoms with Crippen molar-refractivity contribution < 1.29 is 0 Å². The minimum absolute atomic E-state index is 0. The first kappa shape index (κ1) is 24.3. The third-order valence-electron chi connectivity index (χ3n) is 4.41. The van der Waals surface area contributed by atoms with Crippen LogP contribution < -0.4 is 5.32 Å². The van der Waals surface area contributed by atoms with Gasteiger partial charge in [0.05, 0.1) is 0 Å². The first-order valence-electron chi connectivity index (χ1n) is 10.1. The lowest BCUT2D eigenvalue weighted by Crippen LogP contribution is -2.16. The molecule has 0 aliphatic rings. The van der Waals surface area contributed by atoms with Crippen molar-refractivity contribution in [3.63, 3.8) is 0 Å². The van der Waals surface area contributed by atoms with Crippen molar-refractivity contribution in [3.05, 3.63) is 0 Å². The highest BCUT2D eigenvalue weighted by atomic mass is 14.8. The monoisotopic (exact) mass is 308 g/mol. The molecule has 0 atom stereocenters. The fraction of sp³-hybridized carbons (Fsp3) is 1.00. The maximum atomic E-state index is 3.61. The van der Waals surface area contributed by atoms with Gasteiger partial charge < -0.3 is 5.32 Å². The Morgan fingerprint density at radius 2 is 0.682 bits per heavy atom. The van der Waals surface area contributed by atoms with Gasteiger partial charge in [0, 0.05) is 8.41 Å². The van der Waals surface area contributed by atoms with E-state index in [4.69, 9.17) is 0 Å². The summed E-state index contributed by atoms with van der Waals surface area (Å²) in [6.45, 7) is 7.06. The molecule has 22 heavy (non-hydrogen) atoms. The third kappa shape index (κ3) is 22.3. The van der Waals surface area contributed by atoms with E-state index in [2.05, 4.69) is 19.2 Å². The zero-order chi connectivity index (χ0) is 15.4. The van der Waals surface area contributed by atoms with Crippen LogP contribution in [0.2, 0.25) is 0 Å². The number of hydrogen-bond acceptors (Lipinski definition) is 1. The van der Waals surface area contributed by atoms with Gasteiger partial charge in [-0.2, -0.15) is 0 Å². The van der Waals surface area contributed by atoms with Gasteiger partial charge in [0.25, 0.3) is 0 Å². The van der Waals surface area contributed by atoms with E-state index in [0.717, 1.165) is 0 Å². The maximum absolute atomic E-state index is 3.61. The van der Waals surface area contributed by atoms with Crippen LogP contribution in [0.4, 0.5) is 0 Å². The molecule has 0 unspecified atom stereocenters. The second-order valence-corrected chi connectivity index (χ2v) is 6.70. The highest BCUT2D eigenvalue weighted by Gasteiger charge is 1.93. The summed E-state index contributed by atoms with van der Waals surface area (Å²) >= 11 is 0. The molecule has 1 N–H and O–H groups in total. The van der Waals surface area contributed by atoms with Crippen LogP contribution in [-0.4, -0.2) is 21.5 Å². The number of rotatable bonds is 18. The van der Waals surface area contributed by atoms with Crippen LogP contribution in [0.5, 0.6) is 0 Å². The molecule has 0 aliphatic carbocycles. The smallest absolute Gasteiger partial charge is 0 e. The van der Waals surface area contributed by atoms with Crippen molar-refractivity contribution in [2.75, 3.05) is 13.1 Å². The van der Waals surface area contributed by atoms with E-state index in [1.807, 2.05) is 0 Å². The molecular weight excluding hydrogens is 265 g/mol. The summed E-state index contributed by atoms with van der Waals surface area (Å²) in [6, 6.07) is 0. The van der Waals surface area contributed by atoms with Crippen LogP contribution >= 0.6 is 0 Å². The zero-order valence-corrected chi connectivity index (χ0v) is 15.8. The standard InChI is InChI=1S/C20H43N.B/c1-3-5-7-9-11-13-15-17-19-21-20-18-16-14-12-10-8-6-4-2;/h21H,3-20H2,1-2H3;. The lowest BCUT2D eigenvalue weighted by atomic mass is 10.1. The van der Waals surface area contributed by atoms with E-state index < -0.39 is 0 Å². The Labute approximate surface area is 144 Å². The van der Waals surface area contributed by atoms with Gasteiger partial charge >= 0.3 is 0 Å². The molecule has 0 saturated carbocycles. The van der Waals surface area contributed by atoms with Gasteiger partial charge in [-0.15, -0.1) is 0 Å². The molecule has 0 saturated heterocycles. The Morgan fingerprint density at radius 1 is 0.409 bits per heavy atom. The van der Waals surface area contributed by atoms with Gasteiger partial charge in [-0.05, 0) is 25.9 Å². The van der Waals surface area contributed by atoms with Gasteiger partial charge in [0.2, 0.25) is 0 Å². The van der Waals surface area contributed by atoms with Crippen molar-refractivity contribution in [1.29, 1.82) is 0 Å². The molecule has 0 bridgehead atoms. The summed E-state index contributed by atoms with van der Waals surface area (Å²) in [5, 5.41) is 3.61. The van der Waals surface area contributed by atoms with Gasteiger partial charge in [0.15, 0.2) is 0 Å². The Bertz CT molecular complexity index is 155. The van der Waals surface area contributed by atoms with Crippen molar-refractivity contribution in [3.8, 4) is 0 Å². The Balaban J connectivity index is 0. The number of hydrogen-bond donors (Lipinski definition) is 1. The van der Waals surface area contributed by atoms with Gasteiger partial charge in [0.1, 0.15) is 0 Å². The van der Waals surface area contributed by atoms with Gasteiger partial charge in [-0.3, -0.25) is 0 Å². The second-order valence-electron chi connectivity index (χ2n) is 6.70. The minimum atomic E-state index is 0. The topological polar surface area (TPSA) is 12.0 Å². The SMILES string of the molecule is CCCCCCCCCCNCCCCCCCCCC.[B]. The molecule has 0 amide bonds. The predicted molar refractivity (Wildman–Crippen MR) is 104 cm³/mol. The molecule has 2 heteroatoms. The fourth-order valence-electron chi connectivity index (χ4n) is 2.89. The van der Waals surface area contributed by atoms with Crippen molar-refractivity contribution in [2.24, 2.45) is 0 Å². The number of unbranched alkanes of at least 4 members (excludes halogenated alkanes) is 14. The maximum Gasteiger partial charge on any atom is 0 e. The van der Waals surface area contributed by atoms with Crippen molar-refractivity contribution in [2.45, 2.75) is 117 Å². The average Bonchev–Trinajstić information content (AvgIpc) is 2.50. The molecule has 0 fully saturated rings. The summed E-state index contributed by atoms with van der Waals surface area (Å²) < 4.78 is 0. The summed E-state index contributed by atoms with van der Waals surface area (Å²) in [6.07, 6.45) is 22.8. The highest BCUT2D eigenvalue weighted by Crippen LogP contribution is 2.09. The predicted octanol–water partition coefficient (Wildman–Crippen LogP) is 6.48. The molecule has 0 aliphatic heterocycles. The Kier molecular flexibility index (Phi) is 25.7. The Hall–Kier alpha value is 0.0249. The summed E-state index contributed by atoms with van der Waals surface area (Å²) in [5.74, 6) is 0. The lowest BCUT2D eigenvalue weighted by molar-refractivity contribution is 0.532. The van der Waals surface area contributed by atoms with E-state index in [1.54, 1.807) is 0 Å². The summed E-state index contributed by atoms with van der Waals surface area (Å²) in [5.41, 5.74) is 0. The largest absolute Gasteiger partial charge is 0.317 e. The molecule has 131 valence electrons. The van der Waals surface area contributed by atoms with Crippen LogP contribution in [0.25, 0.3) is 0 Å². The van der Waals surface area contributed by atoms with Crippen LogP contribution in [-0.2, 0) is 0 Å². The molecule has 3 radical (unpaired) electrons. The lowest BCUT2D eigenvalue weighted by Gasteiger charge is -2.05. The molecule has 0 rings (SSSR count). The zero-order valence-electron chi connectivity index (χ0n) is 15.8. The second kappa shape index (κ2) is 23.3. The van der Waals surface area contributed by atoms with Gasteiger partial charge in [-0.1, -0.05) is 104 Å². The molecule has 0 aromatic carbocycles. The highest BCUT2D eigenvalue weighted by molar-refractivity contribution is 5.75. The van der Waals surface area contributed by atoms with E-state index in [0.29, 0.717) is 0 Å². The number of nitrogens with one attached hydrogen (secondary N) is 1. The average molecular weight is 308 g/mol. The molecule has 0 heterocycles. The summed E-state index contributed by atoms with van der Waals surface area (Å²) in [7, 11) is 0. The van der Waals surface area contributed by atoms with Gasteiger partial charge in [-0.25, -0.2) is 0 Å². The van der Waals surface area contributed by atoms with Crippen molar-refractivity contribution in [1.82, 2.24) is 5.32 Å². The molecular formula is C20H43BN. The van der Waals surface area contributed by atoms with Crippen LogP contribution in [0.3, 0.4) is 0 Å². The fourth-order valence-corrected chi connectivity index (χ4v) is 2.89. The quantitative estimate of drug-likeness (QED) is 0.226. The molecule has 0 aromatic rings. The van der Waals surface area contributed by atoms with E-state index in [9.17, 15) is 0 Å². The minimum Gasteiger partial charge on any atom is -0.317 e. The van der Waals surface area contributed by atoms with Crippen molar-refractivity contribution >= 4 is 8.41 Å². The van der Waals surface area contributed by atoms with Crippen LogP contribution in [0.15, 0.2) is 0 Å². The molecule has 0 aromatic heterocycles. The van der Waals surface area contributed by atoms with Crippen LogP contribution in [0, 0.1) is 0 Å². The third-order valence-corrected chi connectivity index (χ3v) is 4.41. The van der Waals surface area contributed by atoms with Crippen LogP contribution in [0.1, 0.15) is 117 Å². The molecule has 0 spiro atoms. The summed E-state index contributed by atoms with van der Waals surface area (Å²) in [4.78, 5) is 0. The molecule has 1 nitrogen and oxygen atoms in total. The first-order valence-corrected chi connectivity index (χ1v) is 10.1. The van der Waals surface area contributed by atoms with E-state index in [-0.39, 0.29) is 8.41 Å². The Morgan fingerprint density at radius 3 is 1.00 bits per heavy atom. The van der Waals surface area contributed by atoms with E-state index >= 15 is 0 Å².